The average molecular weight is 349 g/mol. The zero-order chi connectivity index (χ0) is 16.7. The molecule has 2 aromatic carbocycles. The number of nitrogens with one attached hydrogen (secondary N) is 1. The van der Waals surface area contributed by atoms with E-state index in [2.05, 4.69) is 4.98 Å². The fourth-order valence-electron chi connectivity index (χ4n) is 2.53. The number of nitrogens with zero attached hydrogens (tertiary/aromatic N) is 1. The van der Waals surface area contributed by atoms with Crippen molar-refractivity contribution < 1.29 is 0 Å². The lowest BCUT2D eigenvalue weighted by molar-refractivity contribution is 0.711. The van der Waals surface area contributed by atoms with Crippen molar-refractivity contribution in [2.45, 2.75) is 20.4 Å². The van der Waals surface area contributed by atoms with Gasteiger partial charge in [-0.3, -0.25) is 9.36 Å². The zero-order valence-electron chi connectivity index (χ0n) is 12.6. The summed E-state index contributed by atoms with van der Waals surface area (Å²) in [4.78, 5) is 27.6. The van der Waals surface area contributed by atoms with E-state index in [1.807, 2.05) is 32.0 Å². The van der Waals surface area contributed by atoms with Crippen LogP contribution in [0.25, 0.3) is 10.9 Å². The Morgan fingerprint density at radius 3 is 2.48 bits per heavy atom. The Morgan fingerprint density at radius 1 is 1.04 bits per heavy atom. The molecule has 0 aliphatic carbocycles. The van der Waals surface area contributed by atoms with E-state index < -0.39 is 11.2 Å². The van der Waals surface area contributed by atoms with Crippen LogP contribution < -0.4 is 11.2 Å². The number of aromatic nitrogens is 2. The van der Waals surface area contributed by atoms with Crippen LogP contribution in [0.15, 0.2) is 39.9 Å². The van der Waals surface area contributed by atoms with Gasteiger partial charge >= 0.3 is 5.69 Å². The van der Waals surface area contributed by atoms with Crippen LogP contribution in [-0.4, -0.2) is 9.55 Å². The number of hydrogen-bond donors (Lipinski definition) is 1. The third kappa shape index (κ3) is 2.92. The first kappa shape index (κ1) is 15.8. The first-order valence-electron chi connectivity index (χ1n) is 7.05. The minimum absolute atomic E-state index is 0.185. The summed E-state index contributed by atoms with van der Waals surface area (Å²) in [5, 5.41) is 0.853. The molecule has 0 fully saturated rings. The molecule has 118 valence electrons. The van der Waals surface area contributed by atoms with Gasteiger partial charge in [-0.25, -0.2) is 4.79 Å². The van der Waals surface area contributed by atoms with Gasteiger partial charge in [-0.1, -0.05) is 41.4 Å². The Balaban J connectivity index is 2.20. The van der Waals surface area contributed by atoms with Gasteiger partial charge in [0.1, 0.15) is 0 Å². The lowest BCUT2D eigenvalue weighted by Gasteiger charge is -2.09. The molecule has 0 spiro atoms. The monoisotopic (exact) mass is 348 g/mol. The lowest BCUT2D eigenvalue weighted by atomic mass is 10.1. The van der Waals surface area contributed by atoms with Crippen LogP contribution >= 0.6 is 23.2 Å². The maximum atomic E-state index is 12.7. The summed E-state index contributed by atoms with van der Waals surface area (Å²) < 4.78 is 1.15. The summed E-state index contributed by atoms with van der Waals surface area (Å²) >= 11 is 12.0. The molecule has 3 rings (SSSR count). The van der Waals surface area contributed by atoms with Crippen molar-refractivity contribution in [1.29, 1.82) is 0 Å². The van der Waals surface area contributed by atoms with Crippen LogP contribution in [0.2, 0.25) is 10.0 Å². The summed E-state index contributed by atoms with van der Waals surface area (Å²) in [7, 11) is 0. The molecule has 0 aliphatic heterocycles. The van der Waals surface area contributed by atoms with Crippen molar-refractivity contribution in [1.82, 2.24) is 9.55 Å². The van der Waals surface area contributed by atoms with Crippen molar-refractivity contribution >= 4 is 34.1 Å². The SMILES string of the molecule is Cc1ccc(Cn2c(=O)[nH]c3cc(Cl)cc(Cl)c3c2=O)cc1C. The number of rotatable bonds is 2. The molecule has 1 heterocycles. The highest BCUT2D eigenvalue weighted by atomic mass is 35.5. The van der Waals surface area contributed by atoms with E-state index in [0.717, 1.165) is 21.3 Å². The van der Waals surface area contributed by atoms with Crippen molar-refractivity contribution in [3.8, 4) is 0 Å². The highest BCUT2D eigenvalue weighted by molar-refractivity contribution is 6.38. The van der Waals surface area contributed by atoms with Crippen LogP contribution in [-0.2, 0) is 6.54 Å². The standard InChI is InChI=1S/C17H14Cl2N2O2/c1-9-3-4-11(5-10(9)2)8-21-16(22)15-13(19)6-12(18)7-14(15)20-17(21)23/h3-7H,8H2,1-2H3,(H,20,23). The first-order valence-corrected chi connectivity index (χ1v) is 7.80. The number of hydrogen-bond acceptors (Lipinski definition) is 2. The van der Waals surface area contributed by atoms with E-state index in [-0.39, 0.29) is 17.0 Å². The average Bonchev–Trinajstić information content (AvgIpc) is 2.46. The molecule has 0 radical (unpaired) electrons. The van der Waals surface area contributed by atoms with E-state index in [0.29, 0.717) is 10.5 Å². The molecule has 0 atom stereocenters. The molecule has 6 heteroatoms. The van der Waals surface area contributed by atoms with Crippen LogP contribution in [0.4, 0.5) is 0 Å². The molecule has 0 saturated carbocycles. The Labute approximate surface area is 142 Å². The number of aryl methyl sites for hydroxylation is 2. The molecule has 3 aromatic rings. The normalized spacial score (nSPS) is 11.1. The second kappa shape index (κ2) is 5.87. The van der Waals surface area contributed by atoms with Gasteiger partial charge in [0, 0.05) is 5.02 Å². The Bertz CT molecular complexity index is 1040. The molecule has 0 saturated heterocycles. The number of aromatic amines is 1. The molecule has 0 amide bonds. The van der Waals surface area contributed by atoms with Crippen molar-refractivity contribution in [3.63, 3.8) is 0 Å². The Kier molecular flexibility index (Phi) is 4.04. The first-order chi connectivity index (χ1) is 10.9. The maximum absolute atomic E-state index is 12.7. The van der Waals surface area contributed by atoms with E-state index >= 15 is 0 Å². The topological polar surface area (TPSA) is 54.9 Å². The van der Waals surface area contributed by atoms with Crippen molar-refractivity contribution in [3.05, 3.63) is 77.9 Å². The lowest BCUT2D eigenvalue weighted by Crippen LogP contribution is -2.35. The van der Waals surface area contributed by atoms with E-state index in [1.165, 1.54) is 12.1 Å². The smallest absolute Gasteiger partial charge is 0.307 e. The van der Waals surface area contributed by atoms with Gasteiger partial charge < -0.3 is 4.98 Å². The van der Waals surface area contributed by atoms with E-state index in [1.54, 1.807) is 0 Å². The summed E-state index contributed by atoms with van der Waals surface area (Å²) in [6, 6.07) is 8.85. The molecule has 0 aliphatic rings. The van der Waals surface area contributed by atoms with Crippen molar-refractivity contribution in [2.75, 3.05) is 0 Å². The zero-order valence-corrected chi connectivity index (χ0v) is 14.1. The van der Waals surface area contributed by atoms with Gasteiger partial charge in [0.15, 0.2) is 0 Å². The fraction of sp³-hybridized carbons (Fsp3) is 0.176. The highest BCUT2D eigenvalue weighted by Crippen LogP contribution is 2.23. The largest absolute Gasteiger partial charge is 0.329 e. The molecule has 1 aromatic heterocycles. The number of halogens is 2. The summed E-state index contributed by atoms with van der Waals surface area (Å²) in [5.41, 5.74) is 2.57. The minimum Gasteiger partial charge on any atom is -0.307 e. The molecule has 1 N–H and O–H groups in total. The maximum Gasteiger partial charge on any atom is 0.329 e. The molecule has 23 heavy (non-hydrogen) atoms. The van der Waals surface area contributed by atoms with Crippen LogP contribution in [0, 0.1) is 13.8 Å². The van der Waals surface area contributed by atoms with Crippen molar-refractivity contribution in [2.24, 2.45) is 0 Å². The third-order valence-corrected chi connectivity index (χ3v) is 4.43. The number of benzene rings is 2. The van der Waals surface area contributed by atoms with Gasteiger partial charge in [0.05, 0.1) is 22.5 Å². The third-order valence-electron chi connectivity index (χ3n) is 3.91. The molecule has 0 unspecified atom stereocenters. The van der Waals surface area contributed by atoms with E-state index in [9.17, 15) is 9.59 Å². The van der Waals surface area contributed by atoms with Gasteiger partial charge in [-0.2, -0.15) is 0 Å². The number of H-pyrrole nitrogens is 1. The minimum atomic E-state index is -0.487. The predicted octanol–water partition coefficient (Wildman–Crippen LogP) is 3.66. The molecule has 4 nitrogen and oxygen atoms in total. The highest BCUT2D eigenvalue weighted by Gasteiger charge is 2.12. The number of fused-ring (bicyclic) bond motifs is 1. The molecular weight excluding hydrogens is 335 g/mol. The van der Waals surface area contributed by atoms with Gasteiger partial charge in [0.25, 0.3) is 5.56 Å². The van der Waals surface area contributed by atoms with Gasteiger partial charge in [0.2, 0.25) is 0 Å². The van der Waals surface area contributed by atoms with Gasteiger partial charge in [-0.15, -0.1) is 0 Å². The van der Waals surface area contributed by atoms with E-state index in [4.69, 9.17) is 23.2 Å². The fourth-order valence-corrected chi connectivity index (χ4v) is 3.10. The predicted molar refractivity (Wildman–Crippen MR) is 93.9 cm³/mol. The Morgan fingerprint density at radius 2 is 1.78 bits per heavy atom. The summed E-state index contributed by atoms with van der Waals surface area (Å²) in [6.45, 7) is 4.19. The molecule has 0 bridgehead atoms. The second-order valence-electron chi connectivity index (χ2n) is 5.55. The Hall–Kier alpha value is -2.04. The quantitative estimate of drug-likeness (QED) is 0.768. The van der Waals surface area contributed by atoms with Crippen LogP contribution in [0.5, 0.6) is 0 Å². The summed E-state index contributed by atoms with van der Waals surface area (Å²) in [5.74, 6) is 0. The van der Waals surface area contributed by atoms with Crippen LogP contribution in [0.3, 0.4) is 0 Å². The second-order valence-corrected chi connectivity index (χ2v) is 6.39. The van der Waals surface area contributed by atoms with Gasteiger partial charge in [-0.05, 0) is 42.7 Å². The van der Waals surface area contributed by atoms with Crippen LogP contribution in [0.1, 0.15) is 16.7 Å². The summed E-state index contributed by atoms with van der Waals surface area (Å²) in [6.07, 6.45) is 0. The molecular formula is C17H14Cl2N2O2.